The monoisotopic (exact) mass is 1250 g/mol. The van der Waals surface area contributed by atoms with Crippen LogP contribution in [0, 0.1) is 0 Å². The highest BCUT2D eigenvalue weighted by Crippen LogP contribution is 2.38. The van der Waals surface area contributed by atoms with Gasteiger partial charge < -0.3 is 50.1 Å². The highest BCUT2D eigenvalue weighted by Gasteiger charge is 2.18. The zero-order valence-corrected chi connectivity index (χ0v) is 49.7. The van der Waals surface area contributed by atoms with Gasteiger partial charge in [0.05, 0.1) is 35.5 Å². The number of pyridine rings is 3. The van der Waals surface area contributed by atoms with Gasteiger partial charge >= 0.3 is 7.12 Å². The molecule has 19 nitrogen and oxygen atoms in total. The molecule has 0 aliphatic rings. The molecule has 0 unspecified atom stereocenters. The SMILES string of the molecule is CN.CNc1nc(-c2cccnc2)nc2c(OC)cc(-c3cccc(OC)c3)cc12.CNc1nc(-c2cccnc2)nc2c(OC)cc(Br)cc12.COc1cc(Br)cc2c(Cl)nc(-c3cccnc3)nc12.COc1cccc(B(O)O)c1. The molecule has 0 saturated carbocycles. The molecule has 0 bridgehead atoms. The number of methoxy groups -OCH3 is 5. The first-order chi connectivity index (χ1) is 39.9. The standard InChI is InChI=1S/C22H20N4O2.C15H13BrN4O.C14H9BrClN3O.C7H9BO3.CH5N/c1-23-22-18-11-16(14-6-4-8-17(10-14)27-2)12-19(28-3)20(18)25-21(26-22)15-7-5-9-24-13-15;1-17-15-11-6-10(16)7-12(21-2)13(11)19-14(20-15)9-4-3-5-18-8-9;1-20-11-6-9(15)5-10-12(11)18-14(19-13(10)16)8-3-2-4-17-7-8;1-11-7-4-2-3-6(5-7)8(9)10;1-2/h4-13H,1-3H3,(H,23,25,26);3-8H,1-2H3,(H,17,19,20);2-7H,1H3;2-5,9-10H,1H3;2H2,1H3. The Morgan fingerprint density at radius 1 is 0.451 bits per heavy atom. The Kier molecular flexibility index (Phi) is 22.1. The summed E-state index contributed by atoms with van der Waals surface area (Å²) in [6.07, 6.45) is 10.3. The molecule has 82 heavy (non-hydrogen) atoms. The first-order valence-corrected chi connectivity index (χ1v) is 26.8. The van der Waals surface area contributed by atoms with Crippen LogP contribution in [0.2, 0.25) is 5.15 Å². The van der Waals surface area contributed by atoms with Crippen molar-refractivity contribution in [3.8, 4) is 74.0 Å². The lowest BCUT2D eigenvalue weighted by Gasteiger charge is -2.14. The molecule has 0 atom stereocenters. The Balaban J connectivity index is 0.000000162. The van der Waals surface area contributed by atoms with Gasteiger partial charge in [0.2, 0.25) is 0 Å². The van der Waals surface area contributed by atoms with Gasteiger partial charge in [-0.1, -0.05) is 67.7 Å². The smallest absolute Gasteiger partial charge is 0.488 e. The summed E-state index contributed by atoms with van der Waals surface area (Å²) in [5, 5.41) is 26.7. The number of hydrogen-bond acceptors (Lipinski definition) is 19. The Bertz CT molecular complexity index is 3910. The zero-order chi connectivity index (χ0) is 58.7. The summed E-state index contributed by atoms with van der Waals surface area (Å²) >= 11 is 13.2. The number of fused-ring (bicyclic) bond motifs is 3. The first kappa shape index (κ1) is 61.0. The number of aromatic nitrogens is 9. The summed E-state index contributed by atoms with van der Waals surface area (Å²) in [6, 6.07) is 37.5. The van der Waals surface area contributed by atoms with E-state index in [-0.39, 0.29) is 0 Å². The minimum absolute atomic E-state index is 0.383. The summed E-state index contributed by atoms with van der Waals surface area (Å²) in [7, 11) is 11.8. The summed E-state index contributed by atoms with van der Waals surface area (Å²) in [4.78, 5) is 39.8. The van der Waals surface area contributed by atoms with Crippen LogP contribution in [0.15, 0.2) is 167 Å². The van der Waals surface area contributed by atoms with E-state index >= 15 is 0 Å². The van der Waals surface area contributed by atoms with Crippen molar-refractivity contribution in [3.63, 3.8) is 0 Å². The molecule has 0 aliphatic heterocycles. The van der Waals surface area contributed by atoms with Crippen LogP contribution < -0.4 is 45.5 Å². The molecule has 0 saturated heterocycles. The van der Waals surface area contributed by atoms with Crippen molar-refractivity contribution in [2.24, 2.45) is 5.73 Å². The first-order valence-electron chi connectivity index (χ1n) is 24.8. The van der Waals surface area contributed by atoms with Crippen molar-refractivity contribution < 1.29 is 33.7 Å². The van der Waals surface area contributed by atoms with Gasteiger partial charge in [0.15, 0.2) is 17.5 Å². The maximum atomic E-state index is 8.74. The minimum Gasteiger partial charge on any atom is -0.497 e. The van der Waals surface area contributed by atoms with Crippen LogP contribution in [-0.2, 0) is 0 Å². The van der Waals surface area contributed by atoms with Crippen molar-refractivity contribution in [1.29, 1.82) is 0 Å². The van der Waals surface area contributed by atoms with E-state index in [1.54, 1.807) is 89.9 Å². The largest absolute Gasteiger partial charge is 0.497 e. The molecule has 11 aromatic rings. The number of benzene rings is 5. The van der Waals surface area contributed by atoms with Gasteiger partial charge in [-0.25, -0.2) is 29.9 Å². The van der Waals surface area contributed by atoms with Crippen molar-refractivity contribution in [1.82, 2.24) is 44.9 Å². The highest BCUT2D eigenvalue weighted by atomic mass is 79.9. The lowest BCUT2D eigenvalue weighted by Crippen LogP contribution is -2.29. The highest BCUT2D eigenvalue weighted by molar-refractivity contribution is 9.10. The lowest BCUT2D eigenvalue weighted by atomic mass is 9.80. The van der Waals surface area contributed by atoms with Gasteiger partial charge in [0.1, 0.15) is 62.1 Å². The fourth-order valence-corrected chi connectivity index (χ4v) is 9.09. The van der Waals surface area contributed by atoms with Gasteiger partial charge in [0.25, 0.3) is 0 Å². The topological polar surface area (TPSA) is 253 Å². The molecule has 0 radical (unpaired) electrons. The van der Waals surface area contributed by atoms with Crippen LogP contribution >= 0.6 is 43.5 Å². The predicted molar refractivity (Wildman–Crippen MR) is 332 cm³/mol. The summed E-state index contributed by atoms with van der Waals surface area (Å²) < 4.78 is 28.5. The van der Waals surface area contributed by atoms with Crippen molar-refractivity contribution in [2.75, 3.05) is 67.3 Å². The number of rotatable bonds is 12. The third kappa shape index (κ3) is 15.0. The second kappa shape index (κ2) is 29.7. The maximum Gasteiger partial charge on any atom is 0.488 e. The summed E-state index contributed by atoms with van der Waals surface area (Å²) in [6.45, 7) is 0. The van der Waals surface area contributed by atoms with Gasteiger partial charge in [0, 0.05) is 93.1 Å². The number of nitrogens with one attached hydrogen (secondary N) is 2. The van der Waals surface area contributed by atoms with E-state index in [9.17, 15) is 0 Å². The lowest BCUT2D eigenvalue weighted by molar-refractivity contribution is 0.412. The van der Waals surface area contributed by atoms with E-state index in [2.05, 4.69) is 89.2 Å². The van der Waals surface area contributed by atoms with Crippen LogP contribution in [0.1, 0.15) is 0 Å². The van der Waals surface area contributed by atoms with Crippen LogP contribution in [0.3, 0.4) is 0 Å². The molecule has 6 N–H and O–H groups in total. The average Bonchev–Trinajstić information content (AvgIpc) is 3.33. The normalized spacial score (nSPS) is 10.3. The Morgan fingerprint density at radius 2 is 0.866 bits per heavy atom. The molecular formula is C59H56BBr2ClN12O7. The molecule has 23 heteroatoms. The molecule has 5 aromatic carbocycles. The van der Waals surface area contributed by atoms with Crippen molar-refractivity contribution >= 4 is 100 Å². The summed E-state index contributed by atoms with van der Waals surface area (Å²) in [5.41, 5.74) is 11.7. The van der Waals surface area contributed by atoms with Crippen LogP contribution in [0.5, 0.6) is 28.7 Å². The quantitative estimate of drug-likeness (QED) is 0.0563. The van der Waals surface area contributed by atoms with E-state index in [1.165, 1.54) is 14.2 Å². The fourth-order valence-electron chi connectivity index (χ4n) is 7.99. The Hall–Kier alpha value is -8.64. The number of anilines is 2. The average molecular weight is 1250 g/mol. The number of hydrogen-bond donors (Lipinski definition) is 5. The predicted octanol–water partition coefficient (Wildman–Crippen LogP) is 11.0. The van der Waals surface area contributed by atoms with Gasteiger partial charge in [-0.3, -0.25) is 15.0 Å². The summed E-state index contributed by atoms with van der Waals surface area (Å²) in [5.74, 6) is 6.65. The second-order valence-electron chi connectivity index (χ2n) is 16.8. The molecule has 6 aromatic heterocycles. The van der Waals surface area contributed by atoms with E-state index in [1.807, 2.05) is 105 Å². The molecule has 0 amide bonds. The van der Waals surface area contributed by atoms with E-state index in [4.69, 9.17) is 55.3 Å². The van der Waals surface area contributed by atoms with Crippen LogP contribution in [-0.4, -0.2) is 119 Å². The number of halogens is 3. The third-order valence-electron chi connectivity index (χ3n) is 11.9. The molecule has 418 valence electrons. The number of nitrogens with two attached hydrogens (primary N) is 1. The molecular weight excluding hydrogens is 1190 g/mol. The van der Waals surface area contributed by atoms with Crippen molar-refractivity contribution in [2.45, 2.75) is 0 Å². The maximum absolute atomic E-state index is 8.74. The van der Waals surface area contributed by atoms with Crippen LogP contribution in [0.25, 0.3) is 78.0 Å². The minimum atomic E-state index is -1.43. The zero-order valence-electron chi connectivity index (χ0n) is 45.8. The number of ether oxygens (including phenoxy) is 5. The van der Waals surface area contributed by atoms with Gasteiger partial charge in [-0.05, 0) is 121 Å². The van der Waals surface area contributed by atoms with Crippen LogP contribution in [0.4, 0.5) is 11.6 Å². The van der Waals surface area contributed by atoms with E-state index in [0.29, 0.717) is 56.6 Å². The van der Waals surface area contributed by atoms with E-state index < -0.39 is 7.12 Å². The Morgan fingerprint density at radius 3 is 1.30 bits per heavy atom. The molecule has 0 aliphatic carbocycles. The molecule has 11 rings (SSSR count). The second-order valence-corrected chi connectivity index (χ2v) is 19.0. The van der Waals surface area contributed by atoms with Crippen molar-refractivity contribution in [3.05, 3.63) is 173 Å². The molecule has 0 fully saturated rings. The molecule has 6 heterocycles. The Labute approximate surface area is 495 Å². The van der Waals surface area contributed by atoms with Gasteiger partial charge in [-0.15, -0.1) is 0 Å². The van der Waals surface area contributed by atoms with E-state index in [0.717, 1.165) is 81.3 Å². The van der Waals surface area contributed by atoms with Gasteiger partial charge in [-0.2, -0.15) is 0 Å². The fraction of sp³-hybridized carbons (Fsp3) is 0.136. The molecule has 0 spiro atoms. The number of nitrogens with zero attached hydrogens (tertiary/aromatic N) is 9. The third-order valence-corrected chi connectivity index (χ3v) is 13.1.